The van der Waals surface area contributed by atoms with E-state index in [-0.39, 0.29) is 11.3 Å². The maximum atomic E-state index is 13.9. The second-order valence-corrected chi connectivity index (χ2v) is 5.17. The molecule has 0 N–H and O–H groups in total. The zero-order chi connectivity index (χ0) is 13.7. The van der Waals surface area contributed by atoms with Gasteiger partial charge in [-0.1, -0.05) is 27.7 Å². The van der Waals surface area contributed by atoms with E-state index in [9.17, 15) is 4.39 Å². The maximum Gasteiger partial charge on any atom is 0.224 e. The topological polar surface area (TPSA) is 29.0 Å². The molecule has 0 saturated carbocycles. The van der Waals surface area contributed by atoms with Crippen molar-refractivity contribution in [1.29, 1.82) is 0 Å². The molecule has 0 atom stereocenters. The zero-order valence-corrected chi connectivity index (χ0v) is 12.2. The van der Waals surface area contributed by atoms with Crippen molar-refractivity contribution < 1.29 is 4.39 Å². The van der Waals surface area contributed by atoms with Crippen molar-refractivity contribution in [2.24, 2.45) is 5.92 Å². The largest absolute Gasteiger partial charge is 0.351 e. The minimum absolute atomic E-state index is 0.0890. The Balaban J connectivity index is 3.11. The molecule has 3 nitrogen and oxygen atoms in total. The van der Waals surface area contributed by atoms with Crippen LogP contribution in [0.3, 0.4) is 0 Å². The molecule has 18 heavy (non-hydrogen) atoms. The van der Waals surface area contributed by atoms with E-state index in [0.717, 1.165) is 25.6 Å². The minimum Gasteiger partial charge on any atom is -0.351 e. The molecule has 5 heteroatoms. The van der Waals surface area contributed by atoms with Gasteiger partial charge in [0.25, 0.3) is 0 Å². The fourth-order valence-electron chi connectivity index (χ4n) is 2.07. The highest BCUT2D eigenvalue weighted by atomic mass is 35.5. The summed E-state index contributed by atoms with van der Waals surface area (Å²) in [4.78, 5) is 9.72. The molecule has 0 radical (unpaired) electrons. The van der Waals surface area contributed by atoms with Gasteiger partial charge in [-0.05, 0) is 30.4 Å². The Morgan fingerprint density at radius 2 is 1.94 bits per heavy atom. The van der Waals surface area contributed by atoms with E-state index in [1.165, 1.54) is 0 Å². The van der Waals surface area contributed by atoms with Crippen LogP contribution >= 0.6 is 11.6 Å². The average molecular weight is 274 g/mol. The quantitative estimate of drug-likeness (QED) is 0.736. The van der Waals surface area contributed by atoms with Crippen LogP contribution in [0.5, 0.6) is 0 Å². The van der Waals surface area contributed by atoms with Gasteiger partial charge < -0.3 is 4.90 Å². The Kier molecular flexibility index (Phi) is 5.79. The number of hydrogen-bond donors (Lipinski definition) is 0. The fourth-order valence-corrected chi connectivity index (χ4v) is 2.20. The molecule has 1 rings (SSSR count). The van der Waals surface area contributed by atoms with Gasteiger partial charge in [-0.15, -0.1) is 0 Å². The third-order valence-corrected chi connectivity index (χ3v) is 3.10. The van der Waals surface area contributed by atoms with Crippen molar-refractivity contribution in [3.05, 3.63) is 17.3 Å². The first-order chi connectivity index (χ1) is 8.49. The molecule has 0 saturated heterocycles. The van der Waals surface area contributed by atoms with E-state index < -0.39 is 5.82 Å². The number of aromatic nitrogens is 2. The molecule has 1 heterocycles. The molecule has 0 aliphatic carbocycles. The van der Waals surface area contributed by atoms with Crippen LogP contribution in [0.1, 0.15) is 40.5 Å². The van der Waals surface area contributed by atoms with Gasteiger partial charge in [0.2, 0.25) is 5.28 Å². The van der Waals surface area contributed by atoms with Crippen LogP contribution in [0.15, 0.2) is 6.20 Å². The van der Waals surface area contributed by atoms with Crippen molar-refractivity contribution in [2.75, 3.05) is 11.4 Å². The summed E-state index contributed by atoms with van der Waals surface area (Å²) < 4.78 is 13.9. The molecule has 1 aromatic rings. The SMILES string of the molecule is CCC(CC)N(CC(C)C)c1nc(Cl)ncc1F. The normalized spacial score (nSPS) is 11.3. The second-order valence-electron chi connectivity index (χ2n) is 4.83. The summed E-state index contributed by atoms with van der Waals surface area (Å²) >= 11 is 5.77. The predicted molar refractivity (Wildman–Crippen MR) is 73.6 cm³/mol. The Bertz CT molecular complexity index is 380. The molecule has 0 fully saturated rings. The molecule has 0 aliphatic rings. The zero-order valence-electron chi connectivity index (χ0n) is 11.5. The van der Waals surface area contributed by atoms with Crippen LogP contribution in [0, 0.1) is 11.7 Å². The lowest BCUT2D eigenvalue weighted by Gasteiger charge is -2.33. The molecule has 0 aromatic carbocycles. The molecular formula is C13H21ClFN3. The molecule has 102 valence electrons. The number of nitrogens with zero attached hydrogens (tertiary/aromatic N) is 3. The Morgan fingerprint density at radius 3 is 2.44 bits per heavy atom. The summed E-state index contributed by atoms with van der Waals surface area (Å²) in [5.41, 5.74) is 0. The standard InChI is InChI=1S/C13H21ClFN3/c1-5-10(6-2)18(8-9(3)4)12-11(15)7-16-13(14)17-12/h7,9-10H,5-6,8H2,1-4H3. The van der Waals surface area contributed by atoms with Gasteiger partial charge in [0.15, 0.2) is 11.6 Å². The highest BCUT2D eigenvalue weighted by molar-refractivity contribution is 6.28. The monoisotopic (exact) mass is 273 g/mol. The molecule has 0 unspecified atom stereocenters. The summed E-state index contributed by atoms with van der Waals surface area (Å²) in [6.07, 6.45) is 3.04. The highest BCUT2D eigenvalue weighted by Gasteiger charge is 2.21. The van der Waals surface area contributed by atoms with Crippen LogP contribution < -0.4 is 4.90 Å². The number of rotatable bonds is 6. The van der Waals surface area contributed by atoms with Crippen LogP contribution in [-0.4, -0.2) is 22.6 Å². The minimum atomic E-state index is -0.410. The number of hydrogen-bond acceptors (Lipinski definition) is 3. The van der Waals surface area contributed by atoms with Crippen LogP contribution in [0.25, 0.3) is 0 Å². The van der Waals surface area contributed by atoms with E-state index >= 15 is 0 Å². The van der Waals surface area contributed by atoms with Crippen molar-refractivity contribution >= 4 is 17.4 Å². The lowest BCUT2D eigenvalue weighted by atomic mass is 10.1. The van der Waals surface area contributed by atoms with E-state index in [1.807, 2.05) is 4.90 Å². The van der Waals surface area contributed by atoms with Crippen molar-refractivity contribution in [1.82, 2.24) is 9.97 Å². The van der Waals surface area contributed by atoms with Gasteiger partial charge in [0.05, 0.1) is 6.20 Å². The summed E-state index contributed by atoms with van der Waals surface area (Å²) in [6.45, 7) is 9.17. The lowest BCUT2D eigenvalue weighted by Crippen LogP contribution is -2.38. The molecule has 0 aliphatic heterocycles. The number of anilines is 1. The van der Waals surface area contributed by atoms with Crippen molar-refractivity contribution in [3.8, 4) is 0 Å². The van der Waals surface area contributed by atoms with Crippen LogP contribution in [0.2, 0.25) is 5.28 Å². The third-order valence-electron chi connectivity index (χ3n) is 2.91. The van der Waals surface area contributed by atoms with Gasteiger partial charge in [0.1, 0.15) is 0 Å². The Labute approximate surface area is 113 Å². The first kappa shape index (κ1) is 15.2. The highest BCUT2D eigenvalue weighted by Crippen LogP contribution is 2.23. The van der Waals surface area contributed by atoms with Gasteiger partial charge in [-0.25, -0.2) is 9.37 Å². The van der Waals surface area contributed by atoms with E-state index in [1.54, 1.807) is 0 Å². The van der Waals surface area contributed by atoms with Crippen molar-refractivity contribution in [3.63, 3.8) is 0 Å². The molecule has 0 spiro atoms. The van der Waals surface area contributed by atoms with E-state index in [0.29, 0.717) is 11.7 Å². The maximum absolute atomic E-state index is 13.9. The predicted octanol–water partition coefficient (Wildman–Crippen LogP) is 3.92. The summed E-state index contributed by atoms with van der Waals surface area (Å²) in [5.74, 6) is 0.336. The second kappa shape index (κ2) is 6.88. The molecule has 0 amide bonds. The van der Waals surface area contributed by atoms with Gasteiger partial charge in [-0.3, -0.25) is 0 Å². The smallest absolute Gasteiger partial charge is 0.224 e. The Morgan fingerprint density at radius 1 is 1.33 bits per heavy atom. The Hall–Kier alpha value is -0.900. The van der Waals surface area contributed by atoms with E-state index in [2.05, 4.69) is 37.7 Å². The number of halogens is 2. The molecular weight excluding hydrogens is 253 g/mol. The first-order valence-corrected chi connectivity index (χ1v) is 6.82. The lowest BCUT2D eigenvalue weighted by molar-refractivity contribution is 0.488. The molecule has 0 bridgehead atoms. The summed E-state index contributed by atoms with van der Waals surface area (Å²) in [6, 6.07) is 0.271. The van der Waals surface area contributed by atoms with Crippen LogP contribution in [0.4, 0.5) is 10.2 Å². The third kappa shape index (κ3) is 3.80. The van der Waals surface area contributed by atoms with Gasteiger partial charge in [0, 0.05) is 12.6 Å². The fraction of sp³-hybridized carbons (Fsp3) is 0.692. The average Bonchev–Trinajstić information content (AvgIpc) is 2.32. The van der Waals surface area contributed by atoms with Gasteiger partial charge in [-0.2, -0.15) is 4.98 Å². The summed E-state index contributed by atoms with van der Waals surface area (Å²) in [7, 11) is 0. The van der Waals surface area contributed by atoms with E-state index in [4.69, 9.17) is 11.6 Å². The first-order valence-electron chi connectivity index (χ1n) is 6.44. The van der Waals surface area contributed by atoms with Gasteiger partial charge >= 0.3 is 0 Å². The van der Waals surface area contributed by atoms with Crippen molar-refractivity contribution in [2.45, 2.75) is 46.6 Å². The summed E-state index contributed by atoms with van der Waals surface area (Å²) in [5, 5.41) is 0.0890. The molecule has 1 aromatic heterocycles. The van der Waals surface area contributed by atoms with Crippen LogP contribution in [-0.2, 0) is 0 Å².